The average Bonchev–Trinajstić information content (AvgIpc) is 2.87. The van der Waals surface area contributed by atoms with Gasteiger partial charge in [-0.25, -0.2) is 0 Å². The summed E-state index contributed by atoms with van der Waals surface area (Å²) in [6, 6.07) is 4.07. The van der Waals surface area contributed by atoms with Crippen LogP contribution >= 0.6 is 0 Å². The summed E-state index contributed by atoms with van der Waals surface area (Å²) in [5.74, 6) is 1.66. The van der Waals surface area contributed by atoms with Crippen LogP contribution in [-0.4, -0.2) is 18.3 Å². The van der Waals surface area contributed by atoms with Crippen molar-refractivity contribution in [1.29, 1.82) is 0 Å². The summed E-state index contributed by atoms with van der Waals surface area (Å²) in [4.78, 5) is 3.39. The molecule has 17 heavy (non-hydrogen) atoms. The zero-order valence-corrected chi connectivity index (χ0v) is 9.88. The van der Waals surface area contributed by atoms with Crippen LogP contribution in [0.1, 0.15) is 17.7 Å². The molecule has 0 unspecified atom stereocenters. The van der Waals surface area contributed by atoms with E-state index in [9.17, 15) is 0 Å². The predicted octanol–water partition coefficient (Wildman–Crippen LogP) is 2.10. The van der Waals surface area contributed by atoms with Crippen molar-refractivity contribution in [2.24, 2.45) is 5.73 Å². The molecule has 0 saturated carbocycles. The van der Waals surface area contributed by atoms with Crippen molar-refractivity contribution in [1.82, 2.24) is 4.98 Å². The van der Waals surface area contributed by atoms with Gasteiger partial charge in [0.05, 0.1) is 0 Å². The van der Waals surface area contributed by atoms with E-state index in [1.807, 2.05) is 6.07 Å². The van der Waals surface area contributed by atoms with Crippen LogP contribution in [0, 0.1) is 6.92 Å². The lowest BCUT2D eigenvalue weighted by Crippen LogP contribution is -2.00. The number of fused-ring (bicyclic) bond motifs is 2. The van der Waals surface area contributed by atoms with Crippen LogP contribution in [0.4, 0.5) is 0 Å². The highest BCUT2D eigenvalue weighted by atomic mass is 16.7. The summed E-state index contributed by atoms with van der Waals surface area (Å²) in [5, 5.41) is 1.22. The molecule has 4 nitrogen and oxygen atoms in total. The van der Waals surface area contributed by atoms with Crippen molar-refractivity contribution in [2.45, 2.75) is 19.8 Å². The van der Waals surface area contributed by atoms with E-state index in [1.165, 1.54) is 16.6 Å². The first-order valence-corrected chi connectivity index (χ1v) is 5.90. The van der Waals surface area contributed by atoms with Gasteiger partial charge in [0.15, 0.2) is 11.5 Å². The smallest absolute Gasteiger partial charge is 0.231 e. The number of nitrogens with one attached hydrogen (secondary N) is 1. The first-order chi connectivity index (χ1) is 8.29. The van der Waals surface area contributed by atoms with Gasteiger partial charge in [-0.2, -0.15) is 0 Å². The Balaban J connectivity index is 2.11. The molecular weight excluding hydrogens is 216 g/mol. The van der Waals surface area contributed by atoms with Crippen molar-refractivity contribution in [3.05, 3.63) is 23.4 Å². The molecule has 0 atom stereocenters. The lowest BCUT2D eigenvalue weighted by molar-refractivity contribution is 0.174. The van der Waals surface area contributed by atoms with Crippen molar-refractivity contribution in [3.63, 3.8) is 0 Å². The summed E-state index contributed by atoms with van der Waals surface area (Å²) in [7, 11) is 0. The number of aryl methyl sites for hydroxylation is 2. The SMILES string of the molecule is Cc1[nH]c2cc3c(cc2c1CCCN)OCO3. The normalized spacial score (nSPS) is 13.5. The Labute approximate surface area is 99.7 Å². The minimum atomic E-state index is 0.319. The van der Waals surface area contributed by atoms with E-state index in [0.29, 0.717) is 6.79 Å². The topological polar surface area (TPSA) is 60.3 Å². The minimum Gasteiger partial charge on any atom is -0.454 e. The molecule has 2 aromatic rings. The number of hydrogen-bond acceptors (Lipinski definition) is 3. The number of benzene rings is 1. The van der Waals surface area contributed by atoms with E-state index in [1.54, 1.807) is 0 Å². The fourth-order valence-electron chi connectivity index (χ4n) is 2.38. The number of hydrogen-bond donors (Lipinski definition) is 2. The second kappa shape index (κ2) is 3.96. The molecule has 1 aromatic heterocycles. The molecule has 0 bridgehead atoms. The van der Waals surface area contributed by atoms with Gasteiger partial charge in [-0.15, -0.1) is 0 Å². The van der Waals surface area contributed by atoms with Crippen LogP contribution in [0.25, 0.3) is 10.9 Å². The fourth-order valence-corrected chi connectivity index (χ4v) is 2.38. The van der Waals surface area contributed by atoms with Crippen LogP contribution < -0.4 is 15.2 Å². The third-order valence-corrected chi connectivity index (χ3v) is 3.24. The Morgan fingerprint density at radius 1 is 1.29 bits per heavy atom. The monoisotopic (exact) mass is 232 g/mol. The minimum absolute atomic E-state index is 0.319. The van der Waals surface area contributed by atoms with E-state index in [-0.39, 0.29) is 0 Å². The van der Waals surface area contributed by atoms with Gasteiger partial charge in [0.25, 0.3) is 0 Å². The van der Waals surface area contributed by atoms with Crippen molar-refractivity contribution in [2.75, 3.05) is 13.3 Å². The van der Waals surface area contributed by atoms with Gasteiger partial charge in [-0.3, -0.25) is 0 Å². The molecule has 4 heteroatoms. The number of aromatic nitrogens is 1. The summed E-state index contributed by atoms with van der Waals surface area (Å²) in [6.45, 7) is 3.13. The van der Waals surface area contributed by atoms with E-state index in [4.69, 9.17) is 15.2 Å². The maximum Gasteiger partial charge on any atom is 0.231 e. The van der Waals surface area contributed by atoms with Crippen molar-refractivity contribution < 1.29 is 9.47 Å². The number of H-pyrrole nitrogens is 1. The Bertz CT molecular complexity index is 560. The molecule has 0 saturated heterocycles. The van der Waals surface area contributed by atoms with Crippen molar-refractivity contribution >= 4 is 10.9 Å². The third kappa shape index (κ3) is 1.65. The summed E-state index contributed by atoms with van der Waals surface area (Å²) >= 11 is 0. The molecule has 0 radical (unpaired) electrons. The maximum atomic E-state index is 5.57. The predicted molar refractivity (Wildman–Crippen MR) is 66.5 cm³/mol. The van der Waals surface area contributed by atoms with Crippen LogP contribution in [-0.2, 0) is 6.42 Å². The van der Waals surface area contributed by atoms with E-state index in [2.05, 4.69) is 18.0 Å². The van der Waals surface area contributed by atoms with Gasteiger partial charge >= 0.3 is 0 Å². The molecule has 0 spiro atoms. The first-order valence-electron chi connectivity index (χ1n) is 5.90. The van der Waals surface area contributed by atoms with Crippen LogP contribution in [0.3, 0.4) is 0 Å². The second-order valence-corrected chi connectivity index (χ2v) is 4.37. The van der Waals surface area contributed by atoms with Gasteiger partial charge in [0, 0.05) is 22.7 Å². The summed E-state index contributed by atoms with van der Waals surface area (Å²) < 4.78 is 10.8. The zero-order chi connectivity index (χ0) is 11.8. The van der Waals surface area contributed by atoms with Gasteiger partial charge < -0.3 is 20.2 Å². The largest absolute Gasteiger partial charge is 0.454 e. The standard InChI is InChI=1S/C13H16N2O2/c1-8-9(3-2-4-14)10-5-12-13(17-7-16-12)6-11(10)15-8/h5-6,15H,2-4,7,14H2,1H3. The number of rotatable bonds is 3. The lowest BCUT2D eigenvalue weighted by Gasteiger charge is -2.01. The fraction of sp³-hybridized carbons (Fsp3) is 0.385. The molecule has 1 aliphatic rings. The number of ether oxygens (including phenoxy) is 2. The van der Waals surface area contributed by atoms with E-state index >= 15 is 0 Å². The average molecular weight is 232 g/mol. The van der Waals surface area contributed by atoms with Crippen LogP contribution in [0.5, 0.6) is 11.5 Å². The highest BCUT2D eigenvalue weighted by molar-refractivity contribution is 5.88. The molecular formula is C13H16N2O2. The van der Waals surface area contributed by atoms with Gasteiger partial charge in [0.1, 0.15) is 0 Å². The van der Waals surface area contributed by atoms with Gasteiger partial charge in [-0.1, -0.05) is 0 Å². The van der Waals surface area contributed by atoms with Crippen LogP contribution in [0.2, 0.25) is 0 Å². The molecule has 1 aromatic carbocycles. The Morgan fingerprint density at radius 3 is 2.82 bits per heavy atom. The molecule has 90 valence electrons. The van der Waals surface area contributed by atoms with E-state index in [0.717, 1.165) is 36.4 Å². The third-order valence-electron chi connectivity index (χ3n) is 3.24. The van der Waals surface area contributed by atoms with Gasteiger partial charge in [-0.05, 0) is 37.9 Å². The Hall–Kier alpha value is -1.68. The quantitative estimate of drug-likeness (QED) is 0.852. The molecule has 3 rings (SSSR count). The van der Waals surface area contributed by atoms with E-state index < -0.39 is 0 Å². The molecule has 0 fully saturated rings. The van der Waals surface area contributed by atoms with Crippen molar-refractivity contribution in [3.8, 4) is 11.5 Å². The lowest BCUT2D eigenvalue weighted by atomic mass is 10.1. The summed E-state index contributed by atoms with van der Waals surface area (Å²) in [5.41, 5.74) is 9.23. The maximum absolute atomic E-state index is 5.57. The Morgan fingerprint density at radius 2 is 2.06 bits per heavy atom. The molecule has 1 aliphatic heterocycles. The molecule has 0 amide bonds. The highest BCUT2D eigenvalue weighted by Crippen LogP contribution is 2.37. The van der Waals surface area contributed by atoms with Gasteiger partial charge in [0.2, 0.25) is 6.79 Å². The molecule has 3 N–H and O–H groups in total. The Kier molecular flexibility index (Phi) is 2.44. The molecule has 2 heterocycles. The number of aromatic amines is 1. The summed E-state index contributed by atoms with van der Waals surface area (Å²) in [6.07, 6.45) is 2.00. The number of nitrogens with two attached hydrogens (primary N) is 1. The first kappa shape index (κ1) is 10.5. The zero-order valence-electron chi connectivity index (χ0n) is 9.88. The van der Waals surface area contributed by atoms with Crippen LogP contribution in [0.15, 0.2) is 12.1 Å². The molecule has 0 aliphatic carbocycles. The highest BCUT2D eigenvalue weighted by Gasteiger charge is 2.17. The second-order valence-electron chi connectivity index (χ2n) is 4.37.